The van der Waals surface area contributed by atoms with Crippen molar-refractivity contribution in [1.29, 1.82) is 0 Å². The van der Waals surface area contributed by atoms with E-state index in [1.165, 1.54) is 48.6 Å². The van der Waals surface area contributed by atoms with Gasteiger partial charge in [-0.1, -0.05) is 145 Å². The molecule has 0 bridgehead atoms. The third kappa shape index (κ3) is 39.7. The molecule has 1 atom stereocenters. The summed E-state index contributed by atoms with van der Waals surface area (Å²) in [6.07, 6.45) is 9.45. The Hall–Kier alpha value is -1.63. The number of ether oxygens (including phenoxy) is 3. The van der Waals surface area contributed by atoms with Gasteiger partial charge in [0.2, 0.25) is 0 Å². The predicted octanol–water partition coefficient (Wildman–Crippen LogP) is 10.5. The number of aryl methyl sites for hydroxylation is 1. The minimum Gasteiger partial charge on any atom is -0.857 e. The summed E-state index contributed by atoms with van der Waals surface area (Å²) in [5, 5.41) is 8.25. The first-order valence-corrected chi connectivity index (χ1v) is 22.5. The van der Waals surface area contributed by atoms with E-state index in [-0.39, 0.29) is 69.5 Å². The summed E-state index contributed by atoms with van der Waals surface area (Å²) < 4.78 is 40.9. The number of benzene rings is 2. The second-order valence-corrected chi connectivity index (χ2v) is 14.7. The van der Waals surface area contributed by atoms with E-state index in [1.807, 2.05) is 66.4 Å². The van der Waals surface area contributed by atoms with Crippen molar-refractivity contribution in [3.05, 3.63) is 82.6 Å². The number of piperazine rings is 1. The van der Waals surface area contributed by atoms with Crippen LogP contribution in [0.5, 0.6) is 5.75 Å². The number of nitrogens with zero attached hydrogens (tertiary/aromatic N) is 2. The Kier molecular flexibility index (Phi) is 55.7. The molecule has 1 aliphatic heterocycles. The van der Waals surface area contributed by atoms with Gasteiger partial charge in [0.25, 0.3) is 6.43 Å². The minimum atomic E-state index is -2.26. The fourth-order valence-electron chi connectivity index (χ4n) is 5.15. The first-order valence-electron chi connectivity index (χ1n) is 22.5. The molecule has 61 heavy (non-hydrogen) atoms. The van der Waals surface area contributed by atoms with Gasteiger partial charge in [-0.2, -0.15) is 7.11 Å². The Bertz CT molecular complexity index is 1290. The first kappa shape index (κ1) is 71.0. The van der Waals surface area contributed by atoms with Crippen molar-refractivity contribution in [2.24, 2.45) is 5.92 Å². The molecular weight excluding hydrogens is 798 g/mol. The summed E-state index contributed by atoms with van der Waals surface area (Å²) in [5.74, 6) is 1.96. The van der Waals surface area contributed by atoms with Crippen molar-refractivity contribution in [1.82, 2.24) is 9.80 Å². The van der Waals surface area contributed by atoms with Gasteiger partial charge in [0.05, 0.1) is 32.1 Å². The minimum absolute atomic E-state index is 0. The number of hydrogen-bond donors (Lipinski definition) is 0. The number of alkyl halides is 2. The number of allylic oxidation sites excluding steroid dienone is 2. The topological polar surface area (TPSA) is 74.3 Å². The molecule has 7 nitrogen and oxygen atoms in total. The zero-order valence-corrected chi connectivity index (χ0v) is 46.3. The fraction of sp³-hybridized carbons (Fsp3) is 0.667. The maximum Gasteiger partial charge on any atom is 1.00 e. The molecule has 0 spiro atoms. The van der Waals surface area contributed by atoms with E-state index in [9.17, 15) is 13.6 Å². The third-order valence-electron chi connectivity index (χ3n) is 8.21. The van der Waals surface area contributed by atoms with Crippen molar-refractivity contribution in [3.8, 4) is 5.75 Å². The number of carbonyl (C=O) groups excluding carboxylic acids is 1. The number of carbonyl (C=O) groups is 1. The Morgan fingerprint density at radius 3 is 1.70 bits per heavy atom. The van der Waals surface area contributed by atoms with Crippen LogP contribution in [-0.4, -0.2) is 81.8 Å². The van der Waals surface area contributed by atoms with E-state index in [0.717, 1.165) is 57.5 Å². The van der Waals surface area contributed by atoms with Gasteiger partial charge in [-0.25, -0.2) is 13.6 Å². The van der Waals surface area contributed by atoms with E-state index >= 15 is 0 Å². The van der Waals surface area contributed by atoms with Crippen LogP contribution in [0.25, 0.3) is 6.08 Å². The number of rotatable bonds is 13. The van der Waals surface area contributed by atoms with Gasteiger partial charge < -0.3 is 19.3 Å². The molecule has 1 aliphatic rings. The molecular formula is C51H93F2KN2O5. The Balaban J connectivity index is -0.000000193. The summed E-state index contributed by atoms with van der Waals surface area (Å²) in [6.45, 7) is 40.6. The molecule has 0 N–H and O–H groups in total. The van der Waals surface area contributed by atoms with E-state index < -0.39 is 6.43 Å². The second kappa shape index (κ2) is 47.8. The van der Waals surface area contributed by atoms with Crippen molar-refractivity contribution in [2.45, 2.75) is 168 Å². The molecule has 1 saturated heterocycles. The zero-order chi connectivity index (χ0) is 47.7. The second-order valence-electron chi connectivity index (χ2n) is 14.7. The Morgan fingerprint density at radius 1 is 0.885 bits per heavy atom. The molecule has 1 unspecified atom stereocenters. The molecule has 0 saturated carbocycles. The predicted molar refractivity (Wildman–Crippen MR) is 257 cm³/mol. The van der Waals surface area contributed by atoms with E-state index in [1.54, 1.807) is 31.4 Å². The van der Waals surface area contributed by atoms with Gasteiger partial charge in [-0.3, -0.25) is 9.80 Å². The number of unbranched alkanes of at least 4 members (excludes halogenated alkanes) is 1. The van der Waals surface area contributed by atoms with Crippen LogP contribution in [0.4, 0.5) is 8.78 Å². The van der Waals surface area contributed by atoms with Crippen LogP contribution in [-0.2, 0) is 22.4 Å². The third-order valence-corrected chi connectivity index (χ3v) is 8.21. The van der Waals surface area contributed by atoms with E-state index in [4.69, 9.17) is 14.6 Å². The number of hydrogen-bond acceptors (Lipinski definition) is 7. The van der Waals surface area contributed by atoms with Crippen molar-refractivity contribution < 1.29 is 84.3 Å². The number of halogens is 2. The van der Waals surface area contributed by atoms with Crippen LogP contribution >= 0.6 is 0 Å². The molecule has 2 aromatic carbocycles. The van der Waals surface area contributed by atoms with Crippen LogP contribution in [0, 0.1) is 12.8 Å². The Morgan fingerprint density at radius 2 is 1.36 bits per heavy atom. The molecule has 3 rings (SSSR count). The maximum atomic E-state index is 12.7. The standard InChI is InChI=1S/C24H38F2N2O.C8H8O2.C7H14O.C4H10.C3H8.2C2H6.CH3O.K/c1-6-8-20-15-23(29-5)22(21(19(20)4)10-9-18(3)7-2)16-27-11-13-28(14-12-27)17-24(25)26;1-10-8(9)7-5-3-2-4-6-7;1-6(2)8-7(3,4)5;1-3-4-2;1-3-2;3*1-2;/h9-10,15,18,24H,6-8,11-14,16-17H2,1-5H3;2-6H,1H3;1H2,2-5H3;3-4H2,1-2H3;3H2,1-2H3;2*1-2H3;1H3;/q;;;;;;;-1;+1/b10-9-;;;;;;;;. The number of methoxy groups -OCH3 is 2. The summed E-state index contributed by atoms with van der Waals surface area (Å²) >= 11 is 0. The Labute approximate surface area is 418 Å². The van der Waals surface area contributed by atoms with Crippen molar-refractivity contribution in [2.75, 3.05) is 54.1 Å². The normalized spacial score (nSPS) is 12.2. The van der Waals surface area contributed by atoms with Crippen LogP contribution in [0.3, 0.4) is 0 Å². The summed E-state index contributed by atoms with van der Waals surface area (Å²) in [6, 6.07) is 11.1. The van der Waals surface area contributed by atoms with E-state index in [0.29, 0.717) is 24.6 Å². The summed E-state index contributed by atoms with van der Waals surface area (Å²) in [4.78, 5) is 15.0. The molecule has 2 aromatic rings. The fourth-order valence-corrected chi connectivity index (χ4v) is 5.15. The molecule has 0 amide bonds. The zero-order valence-electron chi connectivity index (χ0n) is 43.2. The van der Waals surface area contributed by atoms with Crippen LogP contribution in [0.15, 0.2) is 54.8 Å². The quantitative estimate of drug-likeness (QED) is 0.113. The van der Waals surface area contributed by atoms with Gasteiger partial charge in [0, 0.05) is 38.3 Å². The maximum absolute atomic E-state index is 12.7. The van der Waals surface area contributed by atoms with Crippen LogP contribution in [0.2, 0.25) is 0 Å². The molecule has 1 heterocycles. The number of esters is 1. The summed E-state index contributed by atoms with van der Waals surface area (Å²) in [5.41, 5.74) is 5.67. The molecule has 0 aromatic heterocycles. The van der Waals surface area contributed by atoms with Gasteiger partial charge in [0.1, 0.15) is 11.4 Å². The van der Waals surface area contributed by atoms with Crippen LogP contribution in [0.1, 0.15) is 169 Å². The van der Waals surface area contributed by atoms with Gasteiger partial charge in [-0.15, -0.1) is 0 Å². The average molecular weight is 891 g/mol. The van der Waals surface area contributed by atoms with Gasteiger partial charge >= 0.3 is 57.4 Å². The molecule has 0 radical (unpaired) electrons. The molecule has 352 valence electrons. The molecule has 0 aliphatic carbocycles. The van der Waals surface area contributed by atoms with Crippen molar-refractivity contribution in [3.63, 3.8) is 0 Å². The SMILES string of the molecule is C=C(C)OC(C)(C)C.CC.CC.CCC.CCCC.CCCc1cc(OC)c(CN2CCN(CC(F)F)CC2)c(/C=C\C(C)CC)c1C.COC(=O)c1ccccc1.C[O-].[K+]. The monoisotopic (exact) mass is 891 g/mol. The van der Waals surface area contributed by atoms with Gasteiger partial charge in [-0.05, 0) is 81.8 Å². The average Bonchev–Trinajstić information content (AvgIpc) is 3.24. The molecule has 1 fully saturated rings. The van der Waals surface area contributed by atoms with Gasteiger partial charge in [0.15, 0.2) is 0 Å². The largest absolute Gasteiger partial charge is 1.00 e. The van der Waals surface area contributed by atoms with Crippen molar-refractivity contribution >= 4 is 12.0 Å². The summed E-state index contributed by atoms with van der Waals surface area (Å²) in [7, 11) is 3.86. The first-order chi connectivity index (χ1) is 28.5. The smallest absolute Gasteiger partial charge is 0.857 e. The molecule has 10 heteroatoms. The van der Waals surface area contributed by atoms with Crippen LogP contribution < -0.4 is 61.2 Å². The van der Waals surface area contributed by atoms with E-state index in [2.05, 4.69) is 89.8 Å².